The molecule has 0 bridgehead atoms. The molecular weight excluding hydrogens is 420 g/mol. The monoisotopic (exact) mass is 437 g/mol. The van der Waals surface area contributed by atoms with Gasteiger partial charge in [-0.2, -0.15) is 0 Å². The lowest BCUT2D eigenvalue weighted by Gasteiger charge is -2.19. The summed E-state index contributed by atoms with van der Waals surface area (Å²) in [7, 11) is 0. The molecule has 1 fully saturated rings. The van der Waals surface area contributed by atoms with Gasteiger partial charge in [0.15, 0.2) is 5.82 Å². The summed E-state index contributed by atoms with van der Waals surface area (Å²) in [6, 6.07) is 11.6. The van der Waals surface area contributed by atoms with E-state index in [4.69, 9.17) is 11.6 Å². The molecule has 0 spiro atoms. The van der Waals surface area contributed by atoms with Crippen molar-refractivity contribution in [1.82, 2.24) is 9.97 Å². The number of aromatic nitrogens is 2. The van der Waals surface area contributed by atoms with Crippen LogP contribution in [0.1, 0.15) is 28.8 Å². The van der Waals surface area contributed by atoms with Crippen molar-refractivity contribution in [2.45, 2.75) is 12.8 Å². The fourth-order valence-electron chi connectivity index (χ4n) is 4.08. The van der Waals surface area contributed by atoms with Crippen molar-refractivity contribution in [1.29, 1.82) is 0 Å². The van der Waals surface area contributed by atoms with Crippen molar-refractivity contribution < 1.29 is 13.6 Å². The minimum Gasteiger partial charge on any atom is -0.369 e. The second-order valence-electron chi connectivity index (χ2n) is 7.61. The molecule has 7 heteroatoms. The molecule has 4 aromatic rings. The van der Waals surface area contributed by atoms with Gasteiger partial charge >= 0.3 is 0 Å². The number of rotatable bonds is 4. The number of halogens is 3. The summed E-state index contributed by atoms with van der Waals surface area (Å²) >= 11 is 5.96. The van der Waals surface area contributed by atoms with E-state index < -0.39 is 23.0 Å². The Labute approximate surface area is 182 Å². The van der Waals surface area contributed by atoms with E-state index in [1.54, 1.807) is 24.4 Å². The van der Waals surface area contributed by atoms with Gasteiger partial charge in [0.25, 0.3) is 0 Å². The number of fused-ring (bicyclic) bond motifs is 1. The van der Waals surface area contributed by atoms with Crippen LogP contribution in [0.5, 0.6) is 0 Å². The second kappa shape index (κ2) is 7.78. The smallest absolute Gasteiger partial charge is 0.201 e. The quantitative estimate of drug-likeness (QED) is 0.399. The lowest BCUT2D eigenvalue weighted by Crippen LogP contribution is -2.21. The first-order valence-electron chi connectivity index (χ1n) is 10.0. The zero-order chi connectivity index (χ0) is 21.5. The Bertz CT molecular complexity index is 1290. The van der Waals surface area contributed by atoms with E-state index in [0.717, 1.165) is 30.0 Å². The van der Waals surface area contributed by atoms with Gasteiger partial charge in [0.05, 0.1) is 11.3 Å². The van der Waals surface area contributed by atoms with Gasteiger partial charge in [0, 0.05) is 47.0 Å². The van der Waals surface area contributed by atoms with Crippen LogP contribution in [0.25, 0.3) is 22.2 Å². The third kappa shape index (κ3) is 3.47. The molecule has 1 N–H and O–H groups in total. The van der Waals surface area contributed by atoms with E-state index in [0.29, 0.717) is 29.1 Å². The van der Waals surface area contributed by atoms with Crippen LogP contribution in [0.4, 0.5) is 14.5 Å². The molecule has 0 unspecified atom stereocenters. The summed E-state index contributed by atoms with van der Waals surface area (Å²) in [5, 5.41) is 1.11. The number of H-pyrrole nitrogens is 1. The molecule has 31 heavy (non-hydrogen) atoms. The van der Waals surface area contributed by atoms with Gasteiger partial charge in [0.1, 0.15) is 11.5 Å². The van der Waals surface area contributed by atoms with E-state index in [9.17, 15) is 9.18 Å². The summed E-state index contributed by atoms with van der Waals surface area (Å²) in [5.74, 6) is -2.40. The predicted molar refractivity (Wildman–Crippen MR) is 118 cm³/mol. The van der Waals surface area contributed by atoms with Gasteiger partial charge in [-0.1, -0.05) is 23.7 Å². The molecule has 2 aromatic heterocycles. The Hall–Kier alpha value is -3.25. The summed E-state index contributed by atoms with van der Waals surface area (Å²) in [6.07, 6.45) is 5.02. The van der Waals surface area contributed by atoms with Gasteiger partial charge in [-0.05, 0) is 48.7 Å². The molecular formula is C24H18ClF2N3O. The molecule has 156 valence electrons. The molecule has 0 saturated carbocycles. The minimum absolute atomic E-state index is 0.176. The number of anilines is 1. The maximum Gasteiger partial charge on any atom is 0.201 e. The summed E-state index contributed by atoms with van der Waals surface area (Å²) in [6.45, 7) is 1.38. The number of nitrogens with zero attached hydrogens (tertiary/aromatic N) is 2. The second-order valence-corrected chi connectivity index (χ2v) is 8.04. The molecule has 0 amide bonds. The molecule has 0 atom stereocenters. The molecule has 3 heterocycles. The zero-order valence-electron chi connectivity index (χ0n) is 16.5. The van der Waals surface area contributed by atoms with Crippen molar-refractivity contribution in [3.8, 4) is 11.1 Å². The first kappa shape index (κ1) is 19.7. The average Bonchev–Trinajstić information content (AvgIpc) is 3.44. The molecule has 1 aliphatic heterocycles. The van der Waals surface area contributed by atoms with E-state index in [-0.39, 0.29) is 11.3 Å². The van der Waals surface area contributed by atoms with Crippen molar-refractivity contribution in [3.63, 3.8) is 0 Å². The third-order valence-corrected chi connectivity index (χ3v) is 5.95. The molecule has 5 rings (SSSR count). The molecule has 4 nitrogen and oxygen atoms in total. The number of carbonyl (C=O) groups is 1. The summed E-state index contributed by atoms with van der Waals surface area (Å²) in [4.78, 5) is 22.4. The summed E-state index contributed by atoms with van der Waals surface area (Å²) in [5.41, 5.74) is 2.01. The Kier molecular flexibility index (Phi) is 4.94. The van der Waals surface area contributed by atoms with Crippen LogP contribution in [0, 0.1) is 11.6 Å². The molecule has 1 saturated heterocycles. The van der Waals surface area contributed by atoms with Crippen LogP contribution >= 0.6 is 11.6 Å². The van der Waals surface area contributed by atoms with Crippen LogP contribution in [0.3, 0.4) is 0 Å². The number of nitrogens with one attached hydrogen (secondary N) is 1. The fourth-order valence-corrected chi connectivity index (χ4v) is 4.20. The first-order valence-corrected chi connectivity index (χ1v) is 10.4. The Balaban J connectivity index is 1.59. The number of hydrogen-bond donors (Lipinski definition) is 1. The standard InChI is InChI=1S/C24H18ClF2N3O/c25-16-5-3-14(4-6-16)15-11-17-18(13-29-24(17)28-12-15)23(31)21-19(26)7-8-20(22(21)27)30-9-1-2-10-30/h3-8,11-13H,1-2,9-10H2,(H,28,29). The average molecular weight is 438 g/mol. The van der Waals surface area contributed by atoms with E-state index in [1.807, 2.05) is 17.0 Å². The van der Waals surface area contributed by atoms with E-state index in [1.165, 1.54) is 12.3 Å². The highest BCUT2D eigenvalue weighted by Gasteiger charge is 2.27. The number of ketones is 1. The maximum absolute atomic E-state index is 15.3. The molecule has 0 aliphatic carbocycles. The normalized spacial score (nSPS) is 13.8. The highest BCUT2D eigenvalue weighted by molar-refractivity contribution is 6.30. The number of pyridine rings is 1. The highest BCUT2D eigenvalue weighted by atomic mass is 35.5. The van der Waals surface area contributed by atoms with Crippen LogP contribution in [0.2, 0.25) is 5.02 Å². The Morgan fingerprint density at radius 1 is 1.03 bits per heavy atom. The van der Waals surface area contributed by atoms with Crippen LogP contribution < -0.4 is 4.90 Å². The van der Waals surface area contributed by atoms with Crippen molar-refractivity contribution in [3.05, 3.63) is 82.6 Å². The highest BCUT2D eigenvalue weighted by Crippen LogP contribution is 2.31. The topological polar surface area (TPSA) is 49.0 Å². The summed E-state index contributed by atoms with van der Waals surface area (Å²) < 4.78 is 29.9. The van der Waals surface area contributed by atoms with E-state index >= 15 is 4.39 Å². The number of carbonyl (C=O) groups excluding carboxylic acids is 1. The fraction of sp³-hybridized carbons (Fsp3) is 0.167. The molecule has 1 aliphatic rings. The van der Waals surface area contributed by atoms with Crippen LogP contribution in [0.15, 0.2) is 54.9 Å². The zero-order valence-corrected chi connectivity index (χ0v) is 17.2. The minimum atomic E-state index is -0.874. The van der Waals surface area contributed by atoms with Gasteiger partial charge in [0.2, 0.25) is 5.78 Å². The van der Waals surface area contributed by atoms with Gasteiger partial charge < -0.3 is 9.88 Å². The largest absolute Gasteiger partial charge is 0.369 e. The molecule has 2 aromatic carbocycles. The number of aromatic amines is 1. The molecule has 0 radical (unpaired) electrons. The van der Waals surface area contributed by atoms with E-state index in [2.05, 4.69) is 9.97 Å². The van der Waals surface area contributed by atoms with Crippen LogP contribution in [-0.4, -0.2) is 28.8 Å². The lowest BCUT2D eigenvalue weighted by atomic mass is 9.99. The first-order chi connectivity index (χ1) is 15.0. The van der Waals surface area contributed by atoms with Crippen molar-refractivity contribution in [2.24, 2.45) is 0 Å². The predicted octanol–water partition coefficient (Wildman–Crippen LogP) is 5.99. The lowest BCUT2D eigenvalue weighted by molar-refractivity contribution is 0.103. The number of hydrogen-bond acceptors (Lipinski definition) is 3. The third-order valence-electron chi connectivity index (χ3n) is 5.70. The van der Waals surface area contributed by atoms with Gasteiger partial charge in [-0.15, -0.1) is 0 Å². The van der Waals surface area contributed by atoms with Crippen LogP contribution in [-0.2, 0) is 0 Å². The van der Waals surface area contributed by atoms with Gasteiger partial charge in [-0.25, -0.2) is 13.8 Å². The van der Waals surface area contributed by atoms with Crippen molar-refractivity contribution in [2.75, 3.05) is 18.0 Å². The van der Waals surface area contributed by atoms with Gasteiger partial charge in [-0.3, -0.25) is 4.79 Å². The SMILES string of the molecule is O=C(c1c(F)ccc(N2CCCC2)c1F)c1c[nH]c2ncc(-c3ccc(Cl)cc3)cc12. The number of benzene rings is 2. The Morgan fingerprint density at radius 2 is 1.77 bits per heavy atom. The maximum atomic E-state index is 15.3. The van der Waals surface area contributed by atoms with Crippen molar-refractivity contribution >= 4 is 34.1 Å². The Morgan fingerprint density at radius 3 is 2.52 bits per heavy atom.